The lowest BCUT2D eigenvalue weighted by Gasteiger charge is -2.35. The van der Waals surface area contributed by atoms with Crippen molar-refractivity contribution in [1.82, 2.24) is 19.8 Å². The average Bonchev–Trinajstić information content (AvgIpc) is 3.14. The number of carbonyl (C=O) groups excluding carboxylic acids is 1. The zero-order valence-electron chi connectivity index (χ0n) is 14.9. The van der Waals surface area contributed by atoms with E-state index in [1.807, 2.05) is 53.2 Å². The Hall–Kier alpha value is -1.79. The van der Waals surface area contributed by atoms with Crippen LogP contribution in [-0.4, -0.2) is 57.6 Å². The minimum absolute atomic E-state index is 0.0294. The molecule has 5 nitrogen and oxygen atoms in total. The summed E-state index contributed by atoms with van der Waals surface area (Å²) in [7, 11) is 0. The molecule has 1 aliphatic rings. The van der Waals surface area contributed by atoms with Crippen molar-refractivity contribution >= 4 is 17.7 Å². The van der Waals surface area contributed by atoms with Crippen molar-refractivity contribution in [2.45, 2.75) is 25.6 Å². The smallest absolute Gasteiger partial charge is 0.224 e. The number of hydrogen-bond acceptors (Lipinski definition) is 4. The van der Waals surface area contributed by atoms with Crippen LogP contribution in [-0.2, 0) is 4.79 Å². The summed E-state index contributed by atoms with van der Waals surface area (Å²) in [4.78, 5) is 24.8. The van der Waals surface area contributed by atoms with Gasteiger partial charge in [0.1, 0.15) is 11.2 Å². The van der Waals surface area contributed by atoms with E-state index in [-0.39, 0.29) is 11.3 Å². The molecule has 1 aliphatic heterocycles. The second kappa shape index (κ2) is 8.54. The summed E-state index contributed by atoms with van der Waals surface area (Å²) in [6.45, 7) is 8.02. The number of aromatic amines is 1. The van der Waals surface area contributed by atoms with Gasteiger partial charge in [-0.15, -0.1) is 11.8 Å². The highest BCUT2D eigenvalue weighted by molar-refractivity contribution is 7.99. The van der Waals surface area contributed by atoms with Crippen molar-refractivity contribution in [1.29, 1.82) is 0 Å². The molecule has 1 fully saturated rings. The molecule has 1 aromatic heterocycles. The third-order valence-corrected chi connectivity index (χ3v) is 5.92. The number of rotatable bonds is 7. The summed E-state index contributed by atoms with van der Waals surface area (Å²) in [5, 5.41) is 0.0294. The van der Waals surface area contributed by atoms with Gasteiger partial charge in [0.25, 0.3) is 0 Å². The quantitative estimate of drug-likeness (QED) is 0.824. The normalized spacial score (nSPS) is 18.1. The first-order valence-corrected chi connectivity index (χ1v) is 10.0. The molecule has 0 bridgehead atoms. The molecular formula is C19H26N4OS. The van der Waals surface area contributed by atoms with E-state index in [4.69, 9.17) is 0 Å². The van der Waals surface area contributed by atoms with Crippen LogP contribution in [0.1, 0.15) is 31.3 Å². The van der Waals surface area contributed by atoms with Gasteiger partial charge in [0.15, 0.2) is 0 Å². The van der Waals surface area contributed by atoms with E-state index < -0.39 is 0 Å². The lowest BCUT2D eigenvalue weighted by molar-refractivity contribution is -0.132. The SMILES string of the molecule is CCN(CC)CCN1C(=O)CCSC1c1cnc(-c2ccccc2)[nH]1. The monoisotopic (exact) mass is 358 g/mol. The highest BCUT2D eigenvalue weighted by atomic mass is 32.2. The maximum absolute atomic E-state index is 12.5. The first-order chi connectivity index (χ1) is 12.2. The number of nitrogens with zero attached hydrogens (tertiary/aromatic N) is 3. The first kappa shape index (κ1) is 18.0. The van der Waals surface area contributed by atoms with Gasteiger partial charge in [0.2, 0.25) is 5.91 Å². The third kappa shape index (κ3) is 4.25. The Morgan fingerprint density at radius 1 is 1.28 bits per heavy atom. The Labute approximate surface area is 153 Å². The largest absolute Gasteiger partial charge is 0.339 e. The number of thioether (sulfide) groups is 1. The number of benzene rings is 1. The van der Waals surface area contributed by atoms with Crippen LogP contribution in [0.4, 0.5) is 0 Å². The van der Waals surface area contributed by atoms with Crippen LogP contribution in [0.25, 0.3) is 11.4 Å². The van der Waals surface area contributed by atoms with Gasteiger partial charge in [0.05, 0.1) is 11.9 Å². The van der Waals surface area contributed by atoms with E-state index in [1.165, 1.54) is 0 Å². The van der Waals surface area contributed by atoms with Crippen LogP contribution in [0.5, 0.6) is 0 Å². The molecule has 3 rings (SSSR count). The maximum Gasteiger partial charge on any atom is 0.224 e. The first-order valence-electron chi connectivity index (χ1n) is 8.96. The summed E-state index contributed by atoms with van der Waals surface area (Å²) >= 11 is 1.82. The Balaban J connectivity index is 1.76. The van der Waals surface area contributed by atoms with Crippen LogP contribution < -0.4 is 0 Å². The highest BCUT2D eigenvalue weighted by Gasteiger charge is 2.31. The van der Waals surface area contributed by atoms with Gasteiger partial charge in [-0.1, -0.05) is 44.2 Å². The van der Waals surface area contributed by atoms with E-state index in [9.17, 15) is 4.79 Å². The zero-order valence-corrected chi connectivity index (χ0v) is 15.8. The Bertz CT molecular complexity index is 684. The molecular weight excluding hydrogens is 332 g/mol. The molecule has 1 N–H and O–H groups in total. The average molecular weight is 359 g/mol. The van der Waals surface area contributed by atoms with Crippen molar-refractivity contribution in [3.8, 4) is 11.4 Å². The van der Waals surface area contributed by atoms with Gasteiger partial charge in [-0.2, -0.15) is 0 Å². The standard InChI is InChI=1S/C19H26N4OS/c1-3-22(4-2)11-12-23-17(24)10-13-25-19(23)16-14-20-18(21-16)15-8-6-5-7-9-15/h5-9,14,19H,3-4,10-13H2,1-2H3,(H,20,21). The number of carbonyl (C=O) groups is 1. The number of imidazole rings is 1. The predicted molar refractivity (Wildman–Crippen MR) is 103 cm³/mol. The summed E-state index contributed by atoms with van der Waals surface area (Å²) < 4.78 is 0. The summed E-state index contributed by atoms with van der Waals surface area (Å²) in [5.74, 6) is 1.97. The molecule has 1 amide bonds. The summed E-state index contributed by atoms with van der Waals surface area (Å²) in [5.41, 5.74) is 2.08. The lowest BCUT2D eigenvalue weighted by Crippen LogP contribution is -2.42. The second-order valence-corrected chi connectivity index (χ2v) is 7.33. The topological polar surface area (TPSA) is 52.2 Å². The van der Waals surface area contributed by atoms with E-state index >= 15 is 0 Å². The van der Waals surface area contributed by atoms with E-state index in [1.54, 1.807) is 0 Å². The van der Waals surface area contributed by atoms with Gasteiger partial charge in [-0.05, 0) is 13.1 Å². The molecule has 0 radical (unpaired) electrons. The Morgan fingerprint density at radius 2 is 2.04 bits per heavy atom. The molecule has 0 spiro atoms. The summed E-state index contributed by atoms with van der Waals surface area (Å²) in [6, 6.07) is 10.1. The van der Waals surface area contributed by atoms with Gasteiger partial charge in [-0.3, -0.25) is 4.79 Å². The fraction of sp³-hybridized carbons (Fsp3) is 0.474. The fourth-order valence-electron chi connectivity index (χ4n) is 3.11. The van der Waals surface area contributed by atoms with Crippen LogP contribution in [0.15, 0.2) is 36.5 Å². The molecule has 6 heteroatoms. The predicted octanol–water partition coefficient (Wildman–Crippen LogP) is 3.38. The Kier molecular flexibility index (Phi) is 6.15. The molecule has 1 aromatic carbocycles. The van der Waals surface area contributed by atoms with E-state index in [0.29, 0.717) is 6.42 Å². The minimum atomic E-state index is 0.0294. The number of amides is 1. The molecule has 25 heavy (non-hydrogen) atoms. The fourth-order valence-corrected chi connectivity index (χ4v) is 4.33. The number of nitrogens with one attached hydrogen (secondary N) is 1. The minimum Gasteiger partial charge on any atom is -0.339 e. The molecule has 0 saturated carbocycles. The van der Waals surface area contributed by atoms with Crippen LogP contribution in [0.3, 0.4) is 0 Å². The lowest BCUT2D eigenvalue weighted by atomic mass is 10.2. The van der Waals surface area contributed by atoms with Crippen molar-refractivity contribution in [3.63, 3.8) is 0 Å². The van der Waals surface area contributed by atoms with Crippen molar-refractivity contribution in [2.24, 2.45) is 0 Å². The molecule has 0 aliphatic carbocycles. The van der Waals surface area contributed by atoms with Crippen LogP contribution in [0.2, 0.25) is 0 Å². The number of aromatic nitrogens is 2. The molecule has 1 unspecified atom stereocenters. The third-order valence-electron chi connectivity index (χ3n) is 4.66. The summed E-state index contributed by atoms with van der Waals surface area (Å²) in [6.07, 6.45) is 2.50. The Morgan fingerprint density at radius 3 is 2.76 bits per heavy atom. The van der Waals surface area contributed by atoms with E-state index in [0.717, 1.165) is 49.0 Å². The zero-order chi connectivity index (χ0) is 17.6. The molecule has 134 valence electrons. The van der Waals surface area contributed by atoms with Crippen molar-refractivity contribution in [3.05, 3.63) is 42.2 Å². The van der Waals surface area contributed by atoms with Gasteiger partial charge in [0, 0.05) is 30.8 Å². The molecule has 1 atom stereocenters. The highest BCUT2D eigenvalue weighted by Crippen LogP contribution is 2.36. The second-order valence-electron chi connectivity index (χ2n) is 6.14. The van der Waals surface area contributed by atoms with Gasteiger partial charge < -0.3 is 14.8 Å². The van der Waals surface area contributed by atoms with Crippen molar-refractivity contribution < 1.29 is 4.79 Å². The molecule has 2 heterocycles. The van der Waals surface area contributed by atoms with Crippen molar-refractivity contribution in [2.75, 3.05) is 31.9 Å². The van der Waals surface area contributed by atoms with Gasteiger partial charge in [-0.25, -0.2) is 4.98 Å². The van der Waals surface area contributed by atoms with Gasteiger partial charge >= 0.3 is 0 Å². The van der Waals surface area contributed by atoms with Crippen LogP contribution >= 0.6 is 11.8 Å². The molecule has 2 aromatic rings. The number of H-pyrrole nitrogens is 1. The van der Waals surface area contributed by atoms with E-state index in [2.05, 4.69) is 28.7 Å². The van der Waals surface area contributed by atoms with Crippen LogP contribution in [0, 0.1) is 0 Å². The maximum atomic E-state index is 12.5. The number of hydrogen-bond donors (Lipinski definition) is 1. The molecule has 1 saturated heterocycles. The number of likely N-dealkylation sites (N-methyl/N-ethyl adjacent to an activating group) is 1.